The summed E-state index contributed by atoms with van der Waals surface area (Å²) in [4.78, 5) is 61.3. The number of allylic oxidation sites excluding steroid dienone is 2. The van der Waals surface area contributed by atoms with Crippen LogP contribution in [-0.4, -0.2) is 54.6 Å². The first kappa shape index (κ1) is 27.1. The zero-order valence-corrected chi connectivity index (χ0v) is 21.1. The number of hydrogen-bond acceptors (Lipinski definition) is 9. The number of ketones is 1. The van der Waals surface area contributed by atoms with Gasteiger partial charge in [-0.3, -0.25) is 9.59 Å². The van der Waals surface area contributed by atoms with Crippen LogP contribution >= 0.6 is 0 Å². The third-order valence-electron chi connectivity index (χ3n) is 7.16. The monoisotopic (exact) mass is 500 g/mol. The Labute approximate surface area is 210 Å². The van der Waals surface area contributed by atoms with Gasteiger partial charge in [0.2, 0.25) is 0 Å². The van der Waals surface area contributed by atoms with Crippen molar-refractivity contribution >= 4 is 29.7 Å². The lowest BCUT2D eigenvalue weighted by molar-refractivity contribution is -0.161. The number of carbonyl (C=O) groups is 5. The van der Waals surface area contributed by atoms with Gasteiger partial charge in [0, 0.05) is 37.7 Å². The fourth-order valence-electron chi connectivity index (χ4n) is 5.32. The number of rotatable bonds is 7. The van der Waals surface area contributed by atoms with Crippen molar-refractivity contribution in [2.75, 3.05) is 13.2 Å². The van der Waals surface area contributed by atoms with Crippen molar-refractivity contribution in [3.8, 4) is 0 Å². The lowest BCUT2D eigenvalue weighted by Gasteiger charge is -2.36. The molecule has 2 saturated carbocycles. The third-order valence-corrected chi connectivity index (χ3v) is 7.16. The second kappa shape index (κ2) is 10.6. The zero-order chi connectivity index (χ0) is 26.8. The number of Topliss-reactive ketones (excluding diaryl/α,β-unsaturated/α-hetero) is 1. The van der Waals surface area contributed by atoms with Gasteiger partial charge < -0.3 is 18.9 Å². The molecule has 0 N–H and O–H groups in total. The predicted molar refractivity (Wildman–Crippen MR) is 127 cm³/mol. The van der Waals surface area contributed by atoms with E-state index in [1.807, 2.05) is 0 Å². The Bertz CT molecular complexity index is 1080. The Morgan fingerprint density at radius 3 is 2.25 bits per heavy atom. The lowest BCUT2D eigenvalue weighted by atomic mass is 9.77. The van der Waals surface area contributed by atoms with E-state index in [1.54, 1.807) is 20.8 Å². The Morgan fingerprint density at radius 1 is 1.03 bits per heavy atom. The number of carbonyl (C=O) groups excluding carboxylic acids is 5. The maximum atomic E-state index is 13.2. The van der Waals surface area contributed by atoms with Crippen LogP contribution in [0.25, 0.3) is 0 Å². The van der Waals surface area contributed by atoms with Gasteiger partial charge in [0.15, 0.2) is 0 Å². The summed E-state index contributed by atoms with van der Waals surface area (Å²) >= 11 is 0. The van der Waals surface area contributed by atoms with Gasteiger partial charge in [-0.15, -0.1) is 0 Å². The molecule has 36 heavy (non-hydrogen) atoms. The molecule has 0 spiro atoms. The number of esters is 4. The highest BCUT2D eigenvalue weighted by atomic mass is 16.6. The van der Waals surface area contributed by atoms with Gasteiger partial charge in [-0.1, -0.05) is 30.9 Å². The van der Waals surface area contributed by atoms with E-state index in [0.717, 1.165) is 5.57 Å². The summed E-state index contributed by atoms with van der Waals surface area (Å²) < 4.78 is 21.7. The minimum absolute atomic E-state index is 0.0881. The SMILES string of the molecule is C=C1C(=O)O[C@@H]2[C@H]3CC(=O)C[C@H]3C(=C)C[C@@](C)(OC(=O)/C(=C/C)COC(=O)/C(=C/C)COC(C)=O)[C@H]12. The van der Waals surface area contributed by atoms with Gasteiger partial charge >= 0.3 is 23.9 Å². The van der Waals surface area contributed by atoms with Crippen LogP contribution in [0.4, 0.5) is 0 Å². The molecule has 0 radical (unpaired) electrons. The zero-order valence-electron chi connectivity index (χ0n) is 21.1. The van der Waals surface area contributed by atoms with Crippen LogP contribution in [-0.2, 0) is 42.9 Å². The standard InChI is InChI=1S/C27H32O9/c1-7-17(12-33-16(5)28)25(31)34-13-18(8-2)26(32)36-27(6)11-14(3)20-9-19(29)10-21(20)23-22(27)15(4)24(30)35-23/h7-8,20-23H,3-4,9-13H2,1-2,5-6H3/b17-7+,18-8+/t20-,21-,22+,23+,27+/m0/s1. The van der Waals surface area contributed by atoms with Crippen molar-refractivity contribution in [3.63, 3.8) is 0 Å². The summed E-state index contributed by atoms with van der Waals surface area (Å²) in [5.74, 6) is -3.53. The van der Waals surface area contributed by atoms with Crippen molar-refractivity contribution in [2.24, 2.45) is 17.8 Å². The van der Waals surface area contributed by atoms with Crippen molar-refractivity contribution in [1.29, 1.82) is 0 Å². The highest BCUT2D eigenvalue weighted by Crippen LogP contribution is 2.53. The summed E-state index contributed by atoms with van der Waals surface area (Å²) in [6, 6.07) is 0. The molecule has 9 nitrogen and oxygen atoms in total. The van der Waals surface area contributed by atoms with E-state index in [1.165, 1.54) is 19.1 Å². The van der Waals surface area contributed by atoms with Crippen LogP contribution in [0.15, 0.2) is 47.6 Å². The largest absolute Gasteiger partial charge is 0.461 e. The van der Waals surface area contributed by atoms with Crippen LogP contribution in [0, 0.1) is 17.8 Å². The van der Waals surface area contributed by atoms with E-state index >= 15 is 0 Å². The predicted octanol–water partition coefficient (Wildman–Crippen LogP) is 2.94. The van der Waals surface area contributed by atoms with Gasteiger partial charge in [-0.05, 0) is 26.7 Å². The molecule has 3 rings (SSSR count). The van der Waals surface area contributed by atoms with Crippen LogP contribution < -0.4 is 0 Å². The topological polar surface area (TPSA) is 122 Å². The minimum Gasteiger partial charge on any atom is -0.461 e. The number of fused-ring (bicyclic) bond motifs is 3. The molecular weight excluding hydrogens is 468 g/mol. The van der Waals surface area contributed by atoms with Gasteiger partial charge in [-0.2, -0.15) is 0 Å². The van der Waals surface area contributed by atoms with E-state index in [0.29, 0.717) is 6.42 Å². The average molecular weight is 501 g/mol. The summed E-state index contributed by atoms with van der Waals surface area (Å²) in [6.45, 7) is 13.6. The highest BCUT2D eigenvalue weighted by molar-refractivity contribution is 5.93. The molecule has 5 atom stereocenters. The van der Waals surface area contributed by atoms with E-state index in [-0.39, 0.29) is 60.4 Å². The molecule has 0 aromatic heterocycles. The second-order valence-corrected chi connectivity index (χ2v) is 9.61. The number of ether oxygens (including phenoxy) is 4. The van der Waals surface area contributed by atoms with E-state index in [9.17, 15) is 24.0 Å². The Kier molecular flexibility index (Phi) is 8.01. The van der Waals surface area contributed by atoms with Crippen molar-refractivity contribution in [1.82, 2.24) is 0 Å². The van der Waals surface area contributed by atoms with Gasteiger partial charge in [-0.25, -0.2) is 14.4 Å². The van der Waals surface area contributed by atoms with Crippen molar-refractivity contribution < 1.29 is 42.9 Å². The normalized spacial score (nSPS) is 30.2. The smallest absolute Gasteiger partial charge is 0.337 e. The molecule has 0 unspecified atom stereocenters. The van der Waals surface area contributed by atoms with Gasteiger partial charge in [0.1, 0.15) is 30.7 Å². The summed E-state index contributed by atoms with van der Waals surface area (Å²) in [5.41, 5.74) is -0.0405. The van der Waals surface area contributed by atoms with Crippen molar-refractivity contribution in [2.45, 2.75) is 58.7 Å². The molecule has 0 aromatic rings. The van der Waals surface area contributed by atoms with Crippen LogP contribution in [0.3, 0.4) is 0 Å². The first-order valence-corrected chi connectivity index (χ1v) is 11.8. The van der Waals surface area contributed by atoms with Crippen LogP contribution in [0.2, 0.25) is 0 Å². The molecule has 0 aromatic carbocycles. The quantitative estimate of drug-likeness (QED) is 0.225. The molecular formula is C27H32O9. The first-order chi connectivity index (χ1) is 16.9. The molecule has 1 heterocycles. The Balaban J connectivity index is 1.76. The van der Waals surface area contributed by atoms with Gasteiger partial charge in [0.05, 0.1) is 17.1 Å². The van der Waals surface area contributed by atoms with E-state index in [2.05, 4.69) is 13.2 Å². The molecule has 1 aliphatic heterocycles. The minimum atomic E-state index is -1.21. The molecule has 1 saturated heterocycles. The van der Waals surface area contributed by atoms with Gasteiger partial charge in [0.25, 0.3) is 0 Å². The average Bonchev–Trinajstić information content (AvgIpc) is 3.31. The molecule has 9 heteroatoms. The fourth-order valence-corrected chi connectivity index (χ4v) is 5.32. The first-order valence-electron chi connectivity index (χ1n) is 11.8. The number of hydrogen-bond donors (Lipinski definition) is 0. The molecule has 2 aliphatic carbocycles. The third kappa shape index (κ3) is 5.34. The maximum Gasteiger partial charge on any atom is 0.337 e. The Morgan fingerprint density at radius 2 is 1.64 bits per heavy atom. The summed E-state index contributed by atoms with van der Waals surface area (Å²) in [6.07, 6.45) is 3.10. The Hall–Kier alpha value is -3.49. The molecule has 3 fully saturated rings. The summed E-state index contributed by atoms with van der Waals surface area (Å²) in [7, 11) is 0. The summed E-state index contributed by atoms with van der Waals surface area (Å²) in [5, 5.41) is 0. The molecule has 3 aliphatic rings. The molecule has 194 valence electrons. The second-order valence-electron chi connectivity index (χ2n) is 9.61. The van der Waals surface area contributed by atoms with E-state index in [4.69, 9.17) is 18.9 Å². The van der Waals surface area contributed by atoms with Crippen molar-refractivity contribution in [3.05, 3.63) is 47.6 Å². The lowest BCUT2D eigenvalue weighted by Crippen LogP contribution is -2.45. The molecule has 0 amide bonds. The maximum absolute atomic E-state index is 13.2. The van der Waals surface area contributed by atoms with Crippen LogP contribution in [0.1, 0.15) is 47.0 Å². The molecule has 0 bridgehead atoms. The van der Waals surface area contributed by atoms with E-state index < -0.39 is 41.5 Å². The fraction of sp³-hybridized carbons (Fsp3) is 0.519. The highest BCUT2D eigenvalue weighted by Gasteiger charge is 2.60. The van der Waals surface area contributed by atoms with Crippen LogP contribution in [0.5, 0.6) is 0 Å².